The maximum Gasteiger partial charge on any atom is 0.410 e. The molecule has 8 nitrogen and oxygen atoms in total. The standard InChI is InChI=1S/C17H23ClN4O4/c1-9-12-11(14(19)20-13(9)18)15(23)22-6-5-21(7-10(22)8-25-12)16(24)26-17(2,3)4/h10H,5-8H2,1-4H3,(H2,19,20)/t10-/m1/s1. The number of piperazine rings is 1. The molecule has 26 heavy (non-hydrogen) atoms. The Balaban J connectivity index is 1.84. The third kappa shape index (κ3) is 3.38. The fraction of sp³-hybridized carbons (Fsp3) is 0.588. The van der Waals surface area contributed by atoms with E-state index in [1.165, 1.54) is 0 Å². The molecule has 3 heterocycles. The van der Waals surface area contributed by atoms with E-state index in [1.54, 1.807) is 16.7 Å². The topological polar surface area (TPSA) is 98.0 Å². The molecule has 0 spiro atoms. The highest BCUT2D eigenvalue weighted by Crippen LogP contribution is 2.36. The first kappa shape index (κ1) is 18.6. The number of carbonyl (C=O) groups is 2. The Kier molecular flexibility index (Phi) is 4.64. The molecule has 0 saturated carbocycles. The van der Waals surface area contributed by atoms with Crippen LogP contribution in [-0.2, 0) is 4.74 Å². The molecule has 3 rings (SSSR count). The number of amides is 2. The van der Waals surface area contributed by atoms with Crippen LogP contribution in [0.25, 0.3) is 0 Å². The van der Waals surface area contributed by atoms with Crippen LogP contribution in [0.1, 0.15) is 36.7 Å². The largest absolute Gasteiger partial charge is 0.490 e. The van der Waals surface area contributed by atoms with Crippen molar-refractivity contribution in [2.75, 3.05) is 32.0 Å². The number of carbonyl (C=O) groups excluding carboxylic acids is 2. The second-order valence-electron chi connectivity index (χ2n) is 7.51. The fourth-order valence-electron chi connectivity index (χ4n) is 3.11. The van der Waals surface area contributed by atoms with Gasteiger partial charge in [0.15, 0.2) is 0 Å². The van der Waals surface area contributed by atoms with Crippen molar-refractivity contribution in [1.82, 2.24) is 14.8 Å². The lowest BCUT2D eigenvalue weighted by Crippen LogP contribution is -2.58. The second-order valence-corrected chi connectivity index (χ2v) is 7.86. The van der Waals surface area contributed by atoms with Crippen molar-refractivity contribution in [2.24, 2.45) is 0 Å². The molecule has 0 radical (unpaired) electrons. The van der Waals surface area contributed by atoms with Gasteiger partial charge in [0.25, 0.3) is 5.91 Å². The molecule has 0 unspecified atom stereocenters. The molecule has 1 atom stereocenters. The van der Waals surface area contributed by atoms with Gasteiger partial charge in [-0.05, 0) is 27.7 Å². The van der Waals surface area contributed by atoms with Crippen molar-refractivity contribution >= 4 is 29.4 Å². The number of nitrogen functional groups attached to an aromatic ring is 1. The summed E-state index contributed by atoms with van der Waals surface area (Å²) in [5.41, 5.74) is 6.17. The lowest BCUT2D eigenvalue weighted by Gasteiger charge is -2.40. The van der Waals surface area contributed by atoms with Crippen molar-refractivity contribution in [3.05, 3.63) is 16.3 Å². The fourth-order valence-corrected chi connectivity index (χ4v) is 3.29. The third-order valence-corrected chi connectivity index (χ3v) is 4.75. The van der Waals surface area contributed by atoms with Crippen LogP contribution in [0.2, 0.25) is 5.15 Å². The van der Waals surface area contributed by atoms with Crippen LogP contribution in [0.3, 0.4) is 0 Å². The molecule has 0 aliphatic carbocycles. The van der Waals surface area contributed by atoms with Crippen LogP contribution in [0.5, 0.6) is 5.75 Å². The quantitative estimate of drug-likeness (QED) is 0.690. The number of hydrogen-bond acceptors (Lipinski definition) is 6. The highest BCUT2D eigenvalue weighted by atomic mass is 35.5. The number of fused-ring (bicyclic) bond motifs is 2. The maximum absolute atomic E-state index is 13.0. The Hall–Kier alpha value is -2.22. The van der Waals surface area contributed by atoms with Crippen LogP contribution in [0.15, 0.2) is 0 Å². The summed E-state index contributed by atoms with van der Waals surface area (Å²) in [6, 6.07) is -0.297. The molecule has 0 bridgehead atoms. The Labute approximate surface area is 157 Å². The van der Waals surface area contributed by atoms with E-state index in [2.05, 4.69) is 4.98 Å². The highest BCUT2D eigenvalue weighted by Gasteiger charge is 2.39. The Morgan fingerprint density at radius 3 is 2.73 bits per heavy atom. The maximum atomic E-state index is 13.0. The van der Waals surface area contributed by atoms with Crippen molar-refractivity contribution in [3.63, 3.8) is 0 Å². The molecular formula is C17H23ClN4O4. The van der Waals surface area contributed by atoms with Gasteiger partial charge < -0.3 is 25.0 Å². The molecular weight excluding hydrogens is 360 g/mol. The minimum Gasteiger partial charge on any atom is -0.490 e. The van der Waals surface area contributed by atoms with E-state index in [1.807, 2.05) is 20.8 Å². The van der Waals surface area contributed by atoms with Gasteiger partial charge in [-0.25, -0.2) is 9.78 Å². The predicted octanol–water partition coefficient (Wildman–Crippen LogP) is 2.08. The number of halogens is 1. The molecule has 1 fully saturated rings. The number of rotatable bonds is 0. The monoisotopic (exact) mass is 382 g/mol. The summed E-state index contributed by atoms with van der Waals surface area (Å²) in [7, 11) is 0. The van der Waals surface area contributed by atoms with Crippen LogP contribution in [-0.4, -0.2) is 64.7 Å². The van der Waals surface area contributed by atoms with Crippen LogP contribution in [0, 0.1) is 6.92 Å². The van der Waals surface area contributed by atoms with Crippen molar-refractivity contribution in [1.29, 1.82) is 0 Å². The third-order valence-electron chi connectivity index (χ3n) is 4.38. The van der Waals surface area contributed by atoms with E-state index >= 15 is 0 Å². The number of pyridine rings is 1. The smallest absolute Gasteiger partial charge is 0.410 e. The summed E-state index contributed by atoms with van der Waals surface area (Å²) in [6.45, 7) is 8.50. The first-order valence-electron chi connectivity index (χ1n) is 8.45. The molecule has 9 heteroatoms. The molecule has 2 amide bonds. The van der Waals surface area contributed by atoms with Gasteiger partial charge in [0, 0.05) is 25.2 Å². The molecule has 2 aliphatic rings. The van der Waals surface area contributed by atoms with E-state index in [9.17, 15) is 9.59 Å². The predicted molar refractivity (Wildman–Crippen MR) is 96.5 cm³/mol. The number of ether oxygens (including phenoxy) is 2. The Morgan fingerprint density at radius 2 is 2.08 bits per heavy atom. The Morgan fingerprint density at radius 1 is 1.38 bits per heavy atom. The molecule has 142 valence electrons. The summed E-state index contributed by atoms with van der Waals surface area (Å²) in [5.74, 6) is 0.164. The SMILES string of the molecule is Cc1c(Cl)nc(N)c2c1OC[C@H]1CN(C(=O)OC(C)(C)C)CCN1C2=O. The van der Waals surface area contributed by atoms with Gasteiger partial charge in [-0.2, -0.15) is 0 Å². The van der Waals surface area contributed by atoms with Crippen LogP contribution >= 0.6 is 11.6 Å². The number of anilines is 1. The lowest BCUT2D eigenvalue weighted by molar-refractivity contribution is 0.000941. The summed E-state index contributed by atoms with van der Waals surface area (Å²) in [6.07, 6.45) is -0.397. The van der Waals surface area contributed by atoms with E-state index in [4.69, 9.17) is 26.8 Å². The van der Waals surface area contributed by atoms with E-state index in [-0.39, 0.29) is 35.1 Å². The van der Waals surface area contributed by atoms with Gasteiger partial charge >= 0.3 is 6.09 Å². The van der Waals surface area contributed by atoms with Crippen molar-refractivity contribution in [3.8, 4) is 5.75 Å². The zero-order valence-corrected chi connectivity index (χ0v) is 16.1. The number of hydrogen-bond donors (Lipinski definition) is 1. The molecule has 1 aromatic rings. The molecule has 1 saturated heterocycles. The molecule has 0 aromatic carbocycles. The Bertz CT molecular complexity index is 762. The van der Waals surface area contributed by atoms with Crippen molar-refractivity contribution in [2.45, 2.75) is 39.3 Å². The zero-order valence-electron chi connectivity index (χ0n) is 15.3. The first-order valence-corrected chi connectivity index (χ1v) is 8.83. The van der Waals surface area contributed by atoms with Crippen LogP contribution < -0.4 is 10.5 Å². The highest BCUT2D eigenvalue weighted by molar-refractivity contribution is 6.30. The minimum atomic E-state index is -0.575. The van der Waals surface area contributed by atoms with Gasteiger partial charge in [0.2, 0.25) is 0 Å². The van der Waals surface area contributed by atoms with Gasteiger partial charge in [-0.15, -0.1) is 0 Å². The number of nitrogens with two attached hydrogens (primary N) is 1. The van der Waals surface area contributed by atoms with Crippen molar-refractivity contribution < 1.29 is 19.1 Å². The minimum absolute atomic E-state index is 0.0517. The summed E-state index contributed by atoms with van der Waals surface area (Å²) in [5, 5.41) is 0.212. The lowest BCUT2D eigenvalue weighted by atomic mass is 10.1. The molecule has 2 N–H and O–H groups in total. The molecule has 2 aliphatic heterocycles. The first-order chi connectivity index (χ1) is 12.1. The van der Waals surface area contributed by atoms with Gasteiger partial charge in [0.1, 0.15) is 34.5 Å². The average Bonchev–Trinajstić information content (AvgIpc) is 2.68. The second kappa shape index (κ2) is 6.50. The zero-order chi connectivity index (χ0) is 19.2. The number of aromatic nitrogens is 1. The summed E-state index contributed by atoms with van der Waals surface area (Å²) >= 11 is 6.07. The average molecular weight is 383 g/mol. The summed E-state index contributed by atoms with van der Waals surface area (Å²) < 4.78 is 11.3. The van der Waals surface area contributed by atoms with Crippen LogP contribution in [0.4, 0.5) is 10.6 Å². The van der Waals surface area contributed by atoms with Gasteiger partial charge in [-0.3, -0.25) is 4.79 Å². The van der Waals surface area contributed by atoms with E-state index in [0.29, 0.717) is 30.9 Å². The number of nitrogens with zero attached hydrogens (tertiary/aromatic N) is 3. The molecule has 1 aromatic heterocycles. The van der Waals surface area contributed by atoms with Gasteiger partial charge in [0.05, 0.1) is 6.04 Å². The van der Waals surface area contributed by atoms with E-state index in [0.717, 1.165) is 0 Å². The normalized spacial score (nSPS) is 20.0. The van der Waals surface area contributed by atoms with E-state index < -0.39 is 11.7 Å². The summed E-state index contributed by atoms with van der Waals surface area (Å²) in [4.78, 5) is 32.7. The van der Waals surface area contributed by atoms with Gasteiger partial charge in [-0.1, -0.05) is 11.6 Å².